The lowest BCUT2D eigenvalue weighted by Crippen LogP contribution is -2.30. The second kappa shape index (κ2) is 3.98. The van der Waals surface area contributed by atoms with E-state index in [2.05, 4.69) is 10.4 Å². The monoisotopic (exact) mass is 201 g/mol. The Morgan fingerprint density at radius 1 is 1.20 bits per heavy atom. The van der Waals surface area contributed by atoms with Gasteiger partial charge in [-0.05, 0) is 17.2 Å². The molecule has 0 fully saturated rings. The van der Waals surface area contributed by atoms with Crippen LogP contribution in [0.15, 0.2) is 42.6 Å². The Hall–Kier alpha value is -2.07. The first-order valence-corrected chi connectivity index (χ1v) is 4.56. The van der Waals surface area contributed by atoms with Crippen molar-refractivity contribution in [2.75, 3.05) is 0 Å². The molecule has 0 saturated heterocycles. The molecule has 0 atom stereocenters. The first kappa shape index (κ1) is 9.48. The molecule has 1 aromatic carbocycles. The number of aromatic nitrogens is 1. The molecular formula is C11H11N3O. The van der Waals surface area contributed by atoms with Crippen LogP contribution in [0.3, 0.4) is 0 Å². The summed E-state index contributed by atoms with van der Waals surface area (Å²) in [5.74, 6) is 4.71. The number of hydrogen-bond acceptors (Lipinski definition) is 2. The van der Waals surface area contributed by atoms with Crippen molar-refractivity contribution in [1.29, 1.82) is 0 Å². The average Bonchev–Trinajstić information content (AvgIpc) is 2.78. The number of benzene rings is 1. The number of amides is 1. The lowest BCUT2D eigenvalue weighted by molar-refractivity contribution is 0.0949. The van der Waals surface area contributed by atoms with Crippen molar-refractivity contribution in [1.82, 2.24) is 10.4 Å². The van der Waals surface area contributed by atoms with E-state index in [9.17, 15) is 4.79 Å². The van der Waals surface area contributed by atoms with Gasteiger partial charge >= 0.3 is 0 Å². The third kappa shape index (κ3) is 1.89. The number of aromatic amines is 1. The van der Waals surface area contributed by atoms with E-state index in [-0.39, 0.29) is 5.91 Å². The molecule has 4 heteroatoms. The van der Waals surface area contributed by atoms with Crippen LogP contribution in [0.1, 0.15) is 10.5 Å². The maximum atomic E-state index is 11.2. The molecule has 0 unspecified atom stereocenters. The van der Waals surface area contributed by atoms with Gasteiger partial charge < -0.3 is 4.98 Å². The molecule has 0 aliphatic rings. The lowest BCUT2D eigenvalue weighted by Gasteiger charge is -1.95. The van der Waals surface area contributed by atoms with Crippen molar-refractivity contribution in [3.8, 4) is 11.1 Å². The predicted molar refractivity (Wildman–Crippen MR) is 57.9 cm³/mol. The Labute approximate surface area is 87.1 Å². The fourth-order valence-electron chi connectivity index (χ4n) is 1.40. The van der Waals surface area contributed by atoms with Crippen LogP contribution < -0.4 is 11.3 Å². The summed E-state index contributed by atoms with van der Waals surface area (Å²) in [5.41, 5.74) is 4.56. The Kier molecular flexibility index (Phi) is 2.51. The first-order valence-electron chi connectivity index (χ1n) is 4.56. The molecule has 0 radical (unpaired) electrons. The highest BCUT2D eigenvalue weighted by molar-refractivity contribution is 5.93. The summed E-state index contributed by atoms with van der Waals surface area (Å²) in [6.45, 7) is 0. The van der Waals surface area contributed by atoms with Crippen LogP contribution >= 0.6 is 0 Å². The summed E-state index contributed by atoms with van der Waals surface area (Å²) < 4.78 is 0. The minimum atomic E-state index is -0.322. The number of rotatable bonds is 2. The predicted octanol–water partition coefficient (Wildman–Crippen LogP) is 1.29. The highest BCUT2D eigenvalue weighted by atomic mass is 16.2. The van der Waals surface area contributed by atoms with E-state index in [0.717, 1.165) is 11.1 Å². The largest absolute Gasteiger partial charge is 0.357 e. The fourth-order valence-corrected chi connectivity index (χ4v) is 1.40. The normalized spacial score (nSPS) is 9.93. The number of hydrogen-bond donors (Lipinski definition) is 3. The Balaban J connectivity index is 2.32. The number of nitrogens with one attached hydrogen (secondary N) is 2. The van der Waals surface area contributed by atoms with Crippen molar-refractivity contribution in [3.63, 3.8) is 0 Å². The van der Waals surface area contributed by atoms with E-state index in [1.807, 2.05) is 30.3 Å². The van der Waals surface area contributed by atoms with Crippen LogP contribution in [-0.4, -0.2) is 10.9 Å². The quantitative estimate of drug-likeness (QED) is 0.389. The number of nitrogen functional groups attached to an aromatic ring is 1. The molecule has 4 N–H and O–H groups in total. The van der Waals surface area contributed by atoms with Crippen LogP contribution in [-0.2, 0) is 0 Å². The van der Waals surface area contributed by atoms with Gasteiger partial charge in [-0.15, -0.1) is 0 Å². The molecule has 76 valence electrons. The van der Waals surface area contributed by atoms with Crippen molar-refractivity contribution in [2.24, 2.45) is 5.84 Å². The van der Waals surface area contributed by atoms with Gasteiger partial charge in [0.05, 0.1) is 0 Å². The van der Waals surface area contributed by atoms with Crippen molar-refractivity contribution in [2.45, 2.75) is 0 Å². The lowest BCUT2D eigenvalue weighted by atomic mass is 10.1. The van der Waals surface area contributed by atoms with Gasteiger partial charge in [0.15, 0.2) is 0 Å². The van der Waals surface area contributed by atoms with E-state index in [1.54, 1.807) is 12.3 Å². The zero-order valence-corrected chi connectivity index (χ0v) is 8.03. The molecule has 1 amide bonds. The molecule has 4 nitrogen and oxygen atoms in total. The summed E-state index contributed by atoms with van der Waals surface area (Å²) in [6.07, 6.45) is 1.78. The van der Waals surface area contributed by atoms with Gasteiger partial charge in [0.1, 0.15) is 5.69 Å². The molecule has 2 rings (SSSR count). The van der Waals surface area contributed by atoms with Crippen molar-refractivity contribution in [3.05, 3.63) is 48.3 Å². The van der Waals surface area contributed by atoms with E-state index in [4.69, 9.17) is 5.84 Å². The van der Waals surface area contributed by atoms with Crippen LogP contribution in [0.5, 0.6) is 0 Å². The molecule has 2 aromatic rings. The summed E-state index contributed by atoms with van der Waals surface area (Å²) in [7, 11) is 0. The maximum Gasteiger partial charge on any atom is 0.281 e. The Morgan fingerprint density at radius 2 is 1.93 bits per heavy atom. The van der Waals surface area contributed by atoms with Gasteiger partial charge in [0, 0.05) is 6.20 Å². The Morgan fingerprint density at radius 3 is 2.60 bits per heavy atom. The molecule has 0 aliphatic heterocycles. The van der Waals surface area contributed by atoms with Crippen molar-refractivity contribution >= 4 is 5.91 Å². The van der Waals surface area contributed by atoms with Crippen molar-refractivity contribution < 1.29 is 4.79 Å². The number of nitrogens with two attached hydrogens (primary N) is 1. The summed E-state index contributed by atoms with van der Waals surface area (Å²) in [5, 5.41) is 0. The van der Waals surface area contributed by atoms with E-state index < -0.39 is 0 Å². The van der Waals surface area contributed by atoms with Crippen LogP contribution in [0, 0.1) is 0 Å². The van der Waals surface area contributed by atoms with Gasteiger partial charge in [0.2, 0.25) is 0 Å². The third-order valence-electron chi connectivity index (χ3n) is 2.17. The second-order valence-corrected chi connectivity index (χ2v) is 3.14. The third-order valence-corrected chi connectivity index (χ3v) is 2.17. The van der Waals surface area contributed by atoms with E-state index >= 15 is 0 Å². The SMILES string of the molecule is NNC(=O)c1cc(-c2ccccc2)c[nH]1. The minimum absolute atomic E-state index is 0.322. The highest BCUT2D eigenvalue weighted by Crippen LogP contribution is 2.19. The second-order valence-electron chi connectivity index (χ2n) is 3.14. The zero-order chi connectivity index (χ0) is 10.7. The number of H-pyrrole nitrogens is 1. The first-order chi connectivity index (χ1) is 7.31. The topological polar surface area (TPSA) is 70.9 Å². The fraction of sp³-hybridized carbons (Fsp3) is 0. The van der Waals surface area contributed by atoms with Crippen LogP contribution in [0.2, 0.25) is 0 Å². The molecule has 1 heterocycles. The molecule has 1 aromatic heterocycles. The zero-order valence-electron chi connectivity index (χ0n) is 8.03. The number of hydrazine groups is 1. The van der Waals surface area contributed by atoms with Crippen LogP contribution in [0.4, 0.5) is 0 Å². The molecule has 15 heavy (non-hydrogen) atoms. The molecule has 0 spiro atoms. The smallest absolute Gasteiger partial charge is 0.281 e. The van der Waals surface area contributed by atoms with E-state index in [0.29, 0.717) is 5.69 Å². The van der Waals surface area contributed by atoms with Gasteiger partial charge in [-0.1, -0.05) is 30.3 Å². The molecular weight excluding hydrogens is 190 g/mol. The average molecular weight is 201 g/mol. The molecule has 0 aliphatic carbocycles. The molecule has 0 bridgehead atoms. The van der Waals surface area contributed by atoms with Gasteiger partial charge in [0.25, 0.3) is 5.91 Å². The summed E-state index contributed by atoms with van der Waals surface area (Å²) in [6, 6.07) is 11.6. The maximum absolute atomic E-state index is 11.2. The van der Waals surface area contributed by atoms with Gasteiger partial charge in [-0.25, -0.2) is 5.84 Å². The van der Waals surface area contributed by atoms with E-state index in [1.165, 1.54) is 0 Å². The van der Waals surface area contributed by atoms with Gasteiger partial charge in [-0.3, -0.25) is 10.2 Å². The number of carbonyl (C=O) groups excluding carboxylic acids is 1. The molecule has 0 saturated carbocycles. The Bertz CT molecular complexity index is 462. The van der Waals surface area contributed by atoms with Gasteiger partial charge in [-0.2, -0.15) is 0 Å². The highest BCUT2D eigenvalue weighted by Gasteiger charge is 2.07. The summed E-state index contributed by atoms with van der Waals surface area (Å²) in [4.78, 5) is 14.1. The standard InChI is InChI=1S/C11H11N3O/c12-14-11(15)10-6-9(7-13-10)8-4-2-1-3-5-8/h1-7,13H,12H2,(H,14,15). The minimum Gasteiger partial charge on any atom is -0.357 e. The summed E-state index contributed by atoms with van der Waals surface area (Å²) >= 11 is 0. The number of carbonyl (C=O) groups is 1. The van der Waals surface area contributed by atoms with Crippen LogP contribution in [0.25, 0.3) is 11.1 Å².